The van der Waals surface area contributed by atoms with Crippen LogP contribution in [-0.4, -0.2) is 16.8 Å². The predicted molar refractivity (Wildman–Crippen MR) is 71.9 cm³/mol. The minimum Gasteiger partial charge on any atom is -0.444 e. The quantitative estimate of drug-likeness (QED) is 0.861. The van der Waals surface area contributed by atoms with Crippen LogP contribution in [-0.2, 0) is 4.74 Å². The summed E-state index contributed by atoms with van der Waals surface area (Å²) in [5.74, 6) is 0. The standard InChI is InChI=1S/C13H18ClNO3/c1-8(16)10-6-5-9(7-11(10)14)15-12(17)18-13(2,3)4/h5-8,16H,1-4H3,(H,15,17)/t8-/m0/s1. The van der Waals surface area contributed by atoms with E-state index < -0.39 is 17.8 Å². The van der Waals surface area contributed by atoms with Gasteiger partial charge < -0.3 is 9.84 Å². The second kappa shape index (κ2) is 5.59. The molecule has 18 heavy (non-hydrogen) atoms. The summed E-state index contributed by atoms with van der Waals surface area (Å²) in [6.45, 7) is 6.99. The number of benzene rings is 1. The van der Waals surface area contributed by atoms with Crippen molar-refractivity contribution in [2.24, 2.45) is 0 Å². The fourth-order valence-corrected chi connectivity index (χ4v) is 1.70. The summed E-state index contributed by atoms with van der Waals surface area (Å²) in [7, 11) is 0. The van der Waals surface area contributed by atoms with E-state index in [9.17, 15) is 9.90 Å². The molecule has 4 nitrogen and oxygen atoms in total. The largest absolute Gasteiger partial charge is 0.444 e. The molecule has 0 heterocycles. The Kier molecular flexibility index (Phi) is 4.59. The van der Waals surface area contributed by atoms with E-state index in [1.807, 2.05) is 0 Å². The predicted octanol–water partition coefficient (Wildman–Crippen LogP) is 3.74. The molecule has 0 radical (unpaired) electrons. The summed E-state index contributed by atoms with van der Waals surface area (Å²) < 4.78 is 5.12. The Bertz CT molecular complexity index is 438. The average Bonchev–Trinajstić information content (AvgIpc) is 2.13. The molecule has 1 atom stereocenters. The van der Waals surface area contributed by atoms with Gasteiger partial charge in [-0.1, -0.05) is 17.7 Å². The molecule has 0 unspecified atom stereocenters. The van der Waals surface area contributed by atoms with E-state index in [1.165, 1.54) is 0 Å². The first-order valence-electron chi connectivity index (χ1n) is 5.66. The zero-order chi connectivity index (χ0) is 13.9. The maximum absolute atomic E-state index is 11.5. The zero-order valence-corrected chi connectivity index (χ0v) is 11.7. The fraction of sp³-hybridized carbons (Fsp3) is 0.462. The van der Waals surface area contributed by atoms with E-state index in [0.29, 0.717) is 16.3 Å². The van der Waals surface area contributed by atoms with Gasteiger partial charge in [-0.05, 0) is 45.4 Å². The monoisotopic (exact) mass is 271 g/mol. The second-order valence-corrected chi connectivity index (χ2v) is 5.45. The normalized spacial score (nSPS) is 13.0. The smallest absolute Gasteiger partial charge is 0.412 e. The van der Waals surface area contributed by atoms with Gasteiger partial charge in [0.15, 0.2) is 0 Å². The number of nitrogens with one attached hydrogen (secondary N) is 1. The van der Waals surface area contributed by atoms with Crippen molar-refractivity contribution in [2.45, 2.75) is 39.4 Å². The lowest BCUT2D eigenvalue weighted by Crippen LogP contribution is -2.27. The first-order chi connectivity index (χ1) is 8.19. The molecule has 0 aliphatic carbocycles. The Morgan fingerprint density at radius 1 is 1.44 bits per heavy atom. The summed E-state index contributed by atoms with van der Waals surface area (Å²) in [5, 5.41) is 12.4. The molecule has 2 N–H and O–H groups in total. The van der Waals surface area contributed by atoms with Crippen molar-refractivity contribution in [3.05, 3.63) is 28.8 Å². The molecule has 1 rings (SSSR count). The Morgan fingerprint density at radius 3 is 2.50 bits per heavy atom. The lowest BCUT2D eigenvalue weighted by Gasteiger charge is -2.20. The highest BCUT2D eigenvalue weighted by Gasteiger charge is 2.16. The highest BCUT2D eigenvalue weighted by Crippen LogP contribution is 2.26. The molecule has 0 aliphatic rings. The summed E-state index contributed by atoms with van der Waals surface area (Å²) in [6, 6.07) is 4.91. The molecule has 0 saturated heterocycles. The van der Waals surface area contributed by atoms with Crippen LogP contribution in [0.15, 0.2) is 18.2 Å². The maximum atomic E-state index is 11.5. The van der Waals surface area contributed by atoms with Crippen molar-refractivity contribution in [3.63, 3.8) is 0 Å². The van der Waals surface area contributed by atoms with Gasteiger partial charge >= 0.3 is 6.09 Å². The van der Waals surface area contributed by atoms with Crippen LogP contribution in [0.1, 0.15) is 39.4 Å². The molecular weight excluding hydrogens is 254 g/mol. The number of hydrogen-bond donors (Lipinski definition) is 2. The van der Waals surface area contributed by atoms with Crippen LogP contribution in [0, 0.1) is 0 Å². The van der Waals surface area contributed by atoms with E-state index >= 15 is 0 Å². The third-order valence-corrected chi connectivity index (χ3v) is 2.42. The van der Waals surface area contributed by atoms with Gasteiger partial charge in [-0.15, -0.1) is 0 Å². The number of aliphatic hydroxyl groups excluding tert-OH is 1. The third-order valence-electron chi connectivity index (χ3n) is 2.10. The number of ether oxygens (including phenoxy) is 1. The summed E-state index contributed by atoms with van der Waals surface area (Å²) >= 11 is 5.99. The Labute approximate surface area is 112 Å². The van der Waals surface area contributed by atoms with Crippen LogP contribution < -0.4 is 5.32 Å². The van der Waals surface area contributed by atoms with Crippen LogP contribution in [0.2, 0.25) is 5.02 Å². The molecule has 0 spiro atoms. The van der Waals surface area contributed by atoms with E-state index in [-0.39, 0.29) is 0 Å². The Hall–Kier alpha value is -1.26. The van der Waals surface area contributed by atoms with Gasteiger partial charge in [-0.2, -0.15) is 0 Å². The van der Waals surface area contributed by atoms with Crippen LogP contribution in [0.25, 0.3) is 0 Å². The lowest BCUT2D eigenvalue weighted by atomic mass is 10.1. The highest BCUT2D eigenvalue weighted by atomic mass is 35.5. The first kappa shape index (κ1) is 14.8. The first-order valence-corrected chi connectivity index (χ1v) is 6.04. The highest BCUT2D eigenvalue weighted by molar-refractivity contribution is 6.31. The number of rotatable bonds is 2. The van der Waals surface area contributed by atoms with Gasteiger partial charge in [0.25, 0.3) is 0 Å². The van der Waals surface area contributed by atoms with E-state index in [1.54, 1.807) is 45.9 Å². The Morgan fingerprint density at radius 2 is 2.06 bits per heavy atom. The molecule has 0 aromatic heterocycles. The summed E-state index contributed by atoms with van der Waals surface area (Å²) in [4.78, 5) is 11.5. The van der Waals surface area contributed by atoms with Crippen molar-refractivity contribution < 1.29 is 14.6 Å². The number of halogens is 1. The molecule has 1 amide bonds. The number of carbonyl (C=O) groups excluding carboxylic acids is 1. The van der Waals surface area contributed by atoms with Crippen molar-refractivity contribution >= 4 is 23.4 Å². The van der Waals surface area contributed by atoms with Gasteiger partial charge in [-0.25, -0.2) is 4.79 Å². The summed E-state index contributed by atoms with van der Waals surface area (Å²) in [5.41, 5.74) is 0.595. The minimum atomic E-state index is -0.645. The summed E-state index contributed by atoms with van der Waals surface area (Å²) in [6.07, 6.45) is -1.18. The SMILES string of the molecule is C[C@H](O)c1ccc(NC(=O)OC(C)(C)C)cc1Cl. The van der Waals surface area contributed by atoms with E-state index in [2.05, 4.69) is 5.32 Å². The molecule has 0 aliphatic heterocycles. The average molecular weight is 272 g/mol. The van der Waals surface area contributed by atoms with Crippen molar-refractivity contribution in [2.75, 3.05) is 5.32 Å². The number of carbonyl (C=O) groups is 1. The molecule has 0 fully saturated rings. The van der Waals surface area contributed by atoms with Crippen molar-refractivity contribution in [1.29, 1.82) is 0 Å². The second-order valence-electron chi connectivity index (χ2n) is 5.04. The van der Waals surface area contributed by atoms with Gasteiger partial charge in [0.1, 0.15) is 5.60 Å². The third kappa shape index (κ3) is 4.55. The van der Waals surface area contributed by atoms with Gasteiger partial charge in [-0.3, -0.25) is 5.32 Å². The van der Waals surface area contributed by atoms with E-state index in [4.69, 9.17) is 16.3 Å². The van der Waals surface area contributed by atoms with Crippen molar-refractivity contribution in [1.82, 2.24) is 0 Å². The lowest BCUT2D eigenvalue weighted by molar-refractivity contribution is 0.0636. The number of aliphatic hydroxyl groups is 1. The molecule has 100 valence electrons. The van der Waals surface area contributed by atoms with Gasteiger partial charge in [0.2, 0.25) is 0 Å². The van der Waals surface area contributed by atoms with Crippen LogP contribution in [0.3, 0.4) is 0 Å². The Balaban J connectivity index is 2.75. The molecule has 1 aromatic carbocycles. The molecule has 5 heteroatoms. The van der Waals surface area contributed by atoms with E-state index in [0.717, 1.165) is 0 Å². The van der Waals surface area contributed by atoms with Crippen LogP contribution in [0.5, 0.6) is 0 Å². The minimum absolute atomic E-state index is 0.401. The maximum Gasteiger partial charge on any atom is 0.412 e. The fourth-order valence-electron chi connectivity index (χ4n) is 1.37. The topological polar surface area (TPSA) is 58.6 Å². The number of amides is 1. The van der Waals surface area contributed by atoms with Crippen molar-refractivity contribution in [3.8, 4) is 0 Å². The van der Waals surface area contributed by atoms with Gasteiger partial charge in [0.05, 0.1) is 6.10 Å². The zero-order valence-electron chi connectivity index (χ0n) is 11.0. The van der Waals surface area contributed by atoms with Crippen LogP contribution in [0.4, 0.5) is 10.5 Å². The number of hydrogen-bond acceptors (Lipinski definition) is 3. The van der Waals surface area contributed by atoms with Gasteiger partial charge in [0, 0.05) is 10.7 Å². The molecule has 0 bridgehead atoms. The molecule has 0 saturated carbocycles. The molecule has 1 aromatic rings. The molecular formula is C13H18ClNO3. The number of anilines is 1. The van der Waals surface area contributed by atoms with Crippen LogP contribution >= 0.6 is 11.6 Å².